The van der Waals surface area contributed by atoms with Crippen LogP contribution in [-0.4, -0.2) is 48.3 Å². The van der Waals surface area contributed by atoms with Crippen LogP contribution >= 0.6 is 0 Å². The first-order valence-corrected chi connectivity index (χ1v) is 6.43. The summed E-state index contributed by atoms with van der Waals surface area (Å²) in [5.41, 5.74) is 0.102. The van der Waals surface area contributed by atoms with E-state index in [1.54, 1.807) is 0 Å². The van der Waals surface area contributed by atoms with Gasteiger partial charge in [-0.15, -0.1) is 0 Å². The van der Waals surface area contributed by atoms with Gasteiger partial charge in [0, 0.05) is 5.54 Å². The van der Waals surface area contributed by atoms with E-state index in [2.05, 4.69) is 10.2 Å². The lowest BCUT2D eigenvalue weighted by atomic mass is 9.77. The van der Waals surface area contributed by atoms with E-state index >= 15 is 0 Å². The second kappa shape index (κ2) is 5.28. The number of aliphatic hydroxyl groups excluding tert-OH is 1. The summed E-state index contributed by atoms with van der Waals surface area (Å²) in [6.45, 7) is 5.21. The van der Waals surface area contributed by atoms with Gasteiger partial charge in [0.15, 0.2) is 0 Å². The second-order valence-corrected chi connectivity index (χ2v) is 5.12. The van der Waals surface area contributed by atoms with Gasteiger partial charge in [-0.3, -0.25) is 0 Å². The molecule has 0 spiro atoms. The fourth-order valence-electron chi connectivity index (χ4n) is 2.66. The van der Waals surface area contributed by atoms with E-state index in [-0.39, 0.29) is 5.54 Å². The summed E-state index contributed by atoms with van der Waals surface area (Å²) >= 11 is 0. The van der Waals surface area contributed by atoms with Gasteiger partial charge in [0.05, 0.1) is 6.61 Å². The summed E-state index contributed by atoms with van der Waals surface area (Å²) in [6.07, 6.45) is 7.59. The van der Waals surface area contributed by atoms with E-state index in [9.17, 15) is 5.11 Å². The van der Waals surface area contributed by atoms with Gasteiger partial charge in [0.25, 0.3) is 0 Å². The predicted molar refractivity (Wildman–Crippen MR) is 62.0 cm³/mol. The molecule has 2 fully saturated rings. The van der Waals surface area contributed by atoms with E-state index < -0.39 is 0 Å². The predicted octanol–water partition coefficient (Wildman–Crippen LogP) is 0.977. The molecule has 0 aromatic rings. The summed E-state index contributed by atoms with van der Waals surface area (Å²) in [4.78, 5) is 2.55. The van der Waals surface area contributed by atoms with Gasteiger partial charge in [-0.25, -0.2) is 0 Å². The highest BCUT2D eigenvalue weighted by Gasteiger charge is 2.35. The summed E-state index contributed by atoms with van der Waals surface area (Å²) in [5.74, 6) is 0. The highest BCUT2D eigenvalue weighted by Crippen LogP contribution is 2.30. The van der Waals surface area contributed by atoms with Crippen LogP contribution < -0.4 is 5.32 Å². The SMILES string of the molecule is OCC1(NCCCN2CCCC2)CCC1. The van der Waals surface area contributed by atoms with Crippen LogP contribution in [0.2, 0.25) is 0 Å². The first kappa shape index (κ1) is 11.4. The Bertz CT molecular complexity index is 181. The van der Waals surface area contributed by atoms with Gasteiger partial charge in [-0.1, -0.05) is 0 Å². The normalized spacial score (nSPS) is 25.4. The zero-order chi connectivity index (χ0) is 10.6. The largest absolute Gasteiger partial charge is 0.394 e. The van der Waals surface area contributed by atoms with Gasteiger partial charge in [0.2, 0.25) is 0 Å². The van der Waals surface area contributed by atoms with E-state index in [0.717, 1.165) is 19.4 Å². The average Bonchev–Trinajstić information content (AvgIpc) is 2.68. The van der Waals surface area contributed by atoms with E-state index in [4.69, 9.17) is 0 Å². The summed E-state index contributed by atoms with van der Waals surface area (Å²) in [7, 11) is 0. The maximum Gasteiger partial charge on any atom is 0.0613 e. The van der Waals surface area contributed by atoms with Crippen LogP contribution in [0.15, 0.2) is 0 Å². The average molecular weight is 212 g/mol. The Morgan fingerprint density at radius 3 is 2.40 bits per heavy atom. The Morgan fingerprint density at radius 1 is 1.13 bits per heavy atom. The lowest BCUT2D eigenvalue weighted by molar-refractivity contribution is 0.0880. The molecule has 1 saturated carbocycles. The smallest absolute Gasteiger partial charge is 0.0613 e. The van der Waals surface area contributed by atoms with E-state index in [0.29, 0.717) is 6.61 Å². The Hall–Kier alpha value is -0.120. The van der Waals surface area contributed by atoms with Crippen molar-refractivity contribution in [3.05, 3.63) is 0 Å². The standard InChI is InChI=1S/C12H24N2O/c15-11-12(5-3-6-12)13-7-4-10-14-8-1-2-9-14/h13,15H,1-11H2. The number of nitrogens with zero attached hydrogens (tertiary/aromatic N) is 1. The van der Waals surface area contributed by atoms with Gasteiger partial charge >= 0.3 is 0 Å². The number of hydrogen-bond donors (Lipinski definition) is 2. The van der Waals surface area contributed by atoms with Crippen LogP contribution in [0.25, 0.3) is 0 Å². The highest BCUT2D eigenvalue weighted by molar-refractivity contribution is 4.95. The summed E-state index contributed by atoms with van der Waals surface area (Å²) in [5, 5.41) is 12.8. The monoisotopic (exact) mass is 212 g/mol. The molecule has 0 bridgehead atoms. The summed E-state index contributed by atoms with van der Waals surface area (Å²) in [6, 6.07) is 0. The topological polar surface area (TPSA) is 35.5 Å². The fourth-order valence-corrected chi connectivity index (χ4v) is 2.66. The third kappa shape index (κ3) is 2.92. The maximum atomic E-state index is 9.27. The molecule has 3 nitrogen and oxygen atoms in total. The molecule has 0 radical (unpaired) electrons. The van der Waals surface area contributed by atoms with Crippen LogP contribution in [0.5, 0.6) is 0 Å². The third-order valence-corrected chi connectivity index (χ3v) is 3.96. The molecule has 1 heterocycles. The molecule has 2 aliphatic rings. The molecule has 0 amide bonds. The lowest BCUT2D eigenvalue weighted by Crippen LogP contribution is -2.54. The second-order valence-electron chi connectivity index (χ2n) is 5.12. The van der Waals surface area contributed by atoms with E-state index in [1.807, 2.05) is 0 Å². The maximum absolute atomic E-state index is 9.27. The van der Waals surface area contributed by atoms with Crippen LogP contribution in [0.1, 0.15) is 38.5 Å². The molecular weight excluding hydrogens is 188 g/mol. The zero-order valence-electron chi connectivity index (χ0n) is 9.67. The molecule has 1 aliphatic heterocycles. The quantitative estimate of drug-likeness (QED) is 0.644. The Labute approximate surface area is 92.8 Å². The minimum Gasteiger partial charge on any atom is -0.394 e. The van der Waals surface area contributed by atoms with Crippen molar-refractivity contribution >= 4 is 0 Å². The van der Waals surface area contributed by atoms with Crippen LogP contribution in [-0.2, 0) is 0 Å². The molecule has 2 rings (SSSR count). The molecule has 3 heteroatoms. The van der Waals surface area contributed by atoms with Crippen molar-refractivity contribution in [3.63, 3.8) is 0 Å². The van der Waals surface area contributed by atoms with Crippen molar-refractivity contribution in [2.45, 2.75) is 44.1 Å². The molecule has 0 atom stereocenters. The highest BCUT2D eigenvalue weighted by atomic mass is 16.3. The molecule has 0 unspecified atom stereocenters. The fraction of sp³-hybridized carbons (Fsp3) is 1.00. The molecule has 88 valence electrons. The summed E-state index contributed by atoms with van der Waals surface area (Å²) < 4.78 is 0. The van der Waals surface area contributed by atoms with Gasteiger partial charge in [-0.2, -0.15) is 0 Å². The zero-order valence-corrected chi connectivity index (χ0v) is 9.67. The molecule has 1 aliphatic carbocycles. The first-order valence-electron chi connectivity index (χ1n) is 6.43. The lowest BCUT2D eigenvalue weighted by Gasteiger charge is -2.41. The number of aliphatic hydroxyl groups is 1. The van der Waals surface area contributed by atoms with Crippen molar-refractivity contribution in [2.75, 3.05) is 32.8 Å². The van der Waals surface area contributed by atoms with Crippen molar-refractivity contribution in [1.82, 2.24) is 10.2 Å². The van der Waals surface area contributed by atoms with Gasteiger partial charge in [-0.05, 0) is 64.7 Å². The van der Waals surface area contributed by atoms with Crippen LogP contribution in [0.3, 0.4) is 0 Å². The molecule has 0 aromatic carbocycles. The molecule has 15 heavy (non-hydrogen) atoms. The van der Waals surface area contributed by atoms with E-state index in [1.165, 1.54) is 45.3 Å². The Balaban J connectivity index is 1.54. The molecule has 1 saturated heterocycles. The molecular formula is C12H24N2O. The molecule has 2 N–H and O–H groups in total. The van der Waals surface area contributed by atoms with Crippen molar-refractivity contribution in [1.29, 1.82) is 0 Å². The number of hydrogen-bond acceptors (Lipinski definition) is 3. The van der Waals surface area contributed by atoms with Crippen LogP contribution in [0.4, 0.5) is 0 Å². The van der Waals surface area contributed by atoms with Crippen molar-refractivity contribution in [3.8, 4) is 0 Å². The Morgan fingerprint density at radius 2 is 1.87 bits per heavy atom. The van der Waals surface area contributed by atoms with Gasteiger partial charge < -0.3 is 15.3 Å². The van der Waals surface area contributed by atoms with Crippen molar-refractivity contribution < 1.29 is 5.11 Å². The first-order chi connectivity index (χ1) is 7.35. The number of rotatable bonds is 6. The minimum absolute atomic E-state index is 0.102. The number of nitrogens with one attached hydrogen (secondary N) is 1. The van der Waals surface area contributed by atoms with Crippen LogP contribution in [0, 0.1) is 0 Å². The van der Waals surface area contributed by atoms with Gasteiger partial charge in [0.1, 0.15) is 0 Å². The molecule has 0 aromatic heterocycles. The number of likely N-dealkylation sites (tertiary alicyclic amines) is 1. The minimum atomic E-state index is 0.102. The Kier molecular flexibility index (Phi) is 4.00. The van der Waals surface area contributed by atoms with Crippen molar-refractivity contribution in [2.24, 2.45) is 0 Å². The third-order valence-electron chi connectivity index (χ3n) is 3.96.